The number of hydrogen-bond donors (Lipinski definition) is 2. The van der Waals surface area contributed by atoms with Crippen LogP contribution in [0.1, 0.15) is 129 Å². The van der Waals surface area contributed by atoms with Crippen LogP contribution >= 0.6 is 0 Å². The Labute approximate surface area is 163 Å². The van der Waals surface area contributed by atoms with Crippen molar-refractivity contribution in [2.45, 2.75) is 136 Å². The highest BCUT2D eigenvalue weighted by Gasteiger charge is 2.11. The molecule has 0 aliphatic carbocycles. The van der Waals surface area contributed by atoms with E-state index >= 15 is 0 Å². The first-order valence-corrected chi connectivity index (χ1v) is 11.4. The summed E-state index contributed by atoms with van der Waals surface area (Å²) >= 11 is 0. The first-order valence-electron chi connectivity index (χ1n) is 11.4. The van der Waals surface area contributed by atoms with E-state index in [0.717, 1.165) is 18.8 Å². The largest absolute Gasteiger partial charge is 0.479 e. The number of carbonyl (C=O) groups is 1. The number of carboxylic acid groups (broad SMARTS) is 1. The second kappa shape index (κ2) is 19.2. The molecule has 3 heteroatoms. The molecule has 0 saturated carbocycles. The van der Waals surface area contributed by atoms with E-state index in [2.05, 4.69) is 13.8 Å². The van der Waals surface area contributed by atoms with Gasteiger partial charge in [0.25, 0.3) is 0 Å². The number of hydrogen-bond acceptors (Lipinski definition) is 2. The molecule has 1 unspecified atom stereocenters. The summed E-state index contributed by atoms with van der Waals surface area (Å²) in [6.45, 7) is 4.63. The molecule has 0 aromatic carbocycles. The molecule has 0 aromatic heterocycles. The van der Waals surface area contributed by atoms with Gasteiger partial charge in [-0.25, -0.2) is 4.79 Å². The van der Waals surface area contributed by atoms with E-state index in [1.54, 1.807) is 0 Å². The van der Waals surface area contributed by atoms with E-state index in [4.69, 9.17) is 5.11 Å². The molecule has 156 valence electrons. The second-order valence-corrected chi connectivity index (χ2v) is 8.48. The van der Waals surface area contributed by atoms with Gasteiger partial charge in [0.05, 0.1) is 0 Å². The van der Waals surface area contributed by atoms with Gasteiger partial charge in [-0.05, 0) is 12.3 Å². The van der Waals surface area contributed by atoms with Gasteiger partial charge in [0.1, 0.15) is 0 Å². The van der Waals surface area contributed by atoms with Gasteiger partial charge in [-0.3, -0.25) is 0 Å². The quantitative estimate of drug-likeness (QED) is 0.224. The fourth-order valence-electron chi connectivity index (χ4n) is 3.49. The van der Waals surface area contributed by atoms with Crippen molar-refractivity contribution in [1.29, 1.82) is 0 Å². The summed E-state index contributed by atoms with van der Waals surface area (Å²) in [5.74, 6) is -0.223. The lowest BCUT2D eigenvalue weighted by molar-refractivity contribution is -0.146. The van der Waals surface area contributed by atoms with Crippen LogP contribution in [0.2, 0.25) is 0 Å². The molecule has 0 radical (unpaired) electrons. The molecule has 0 aliphatic rings. The van der Waals surface area contributed by atoms with Crippen molar-refractivity contribution in [3.8, 4) is 0 Å². The van der Waals surface area contributed by atoms with Gasteiger partial charge in [0.2, 0.25) is 0 Å². The van der Waals surface area contributed by atoms with Crippen LogP contribution in [0.15, 0.2) is 0 Å². The minimum atomic E-state index is -1.17. The van der Waals surface area contributed by atoms with Gasteiger partial charge < -0.3 is 10.2 Å². The summed E-state index contributed by atoms with van der Waals surface area (Å²) < 4.78 is 0. The van der Waals surface area contributed by atoms with Gasteiger partial charge in [0.15, 0.2) is 6.10 Å². The second-order valence-electron chi connectivity index (χ2n) is 8.48. The molecule has 0 bridgehead atoms. The van der Waals surface area contributed by atoms with E-state index in [1.165, 1.54) is 96.3 Å². The first kappa shape index (κ1) is 25.4. The Morgan fingerprint density at radius 1 is 0.577 bits per heavy atom. The third-order valence-electron chi connectivity index (χ3n) is 5.29. The van der Waals surface area contributed by atoms with E-state index in [9.17, 15) is 9.90 Å². The molecule has 2 N–H and O–H groups in total. The normalized spacial score (nSPS) is 12.6. The molecule has 0 rings (SSSR count). The molecule has 0 aromatic rings. The molecular weight excluding hydrogens is 324 g/mol. The Balaban J connectivity index is 3.06. The molecular formula is C23H46O3. The number of aliphatic hydroxyl groups is 1. The molecule has 3 nitrogen and oxygen atoms in total. The summed E-state index contributed by atoms with van der Waals surface area (Å²) in [4.78, 5) is 10.5. The summed E-state index contributed by atoms with van der Waals surface area (Å²) in [6.07, 6.45) is 21.7. The van der Waals surface area contributed by atoms with Gasteiger partial charge in [-0.15, -0.1) is 0 Å². The third-order valence-corrected chi connectivity index (χ3v) is 5.29. The lowest BCUT2D eigenvalue weighted by Crippen LogP contribution is -2.18. The Hall–Kier alpha value is -0.570. The molecule has 0 saturated heterocycles. The number of aliphatic hydroxyl groups excluding tert-OH is 1. The average Bonchev–Trinajstić information content (AvgIpc) is 2.60. The fraction of sp³-hybridized carbons (Fsp3) is 0.957. The van der Waals surface area contributed by atoms with E-state index in [1.807, 2.05) is 0 Å². The average molecular weight is 371 g/mol. The maximum absolute atomic E-state index is 10.5. The van der Waals surface area contributed by atoms with E-state index in [-0.39, 0.29) is 0 Å². The Bertz CT molecular complexity index is 302. The lowest BCUT2D eigenvalue weighted by atomic mass is 10.0. The molecule has 0 aliphatic heterocycles. The van der Waals surface area contributed by atoms with E-state index in [0.29, 0.717) is 6.42 Å². The predicted octanol–water partition coefficient (Wildman–Crippen LogP) is 7.11. The summed E-state index contributed by atoms with van der Waals surface area (Å²) in [7, 11) is 0. The van der Waals surface area contributed by atoms with Crippen molar-refractivity contribution in [2.24, 2.45) is 5.92 Å². The zero-order valence-electron chi connectivity index (χ0n) is 17.7. The number of rotatable bonds is 20. The van der Waals surface area contributed by atoms with Crippen LogP contribution in [-0.4, -0.2) is 22.3 Å². The van der Waals surface area contributed by atoms with Crippen molar-refractivity contribution >= 4 is 5.97 Å². The van der Waals surface area contributed by atoms with Gasteiger partial charge in [-0.1, -0.05) is 123 Å². The van der Waals surface area contributed by atoms with Crippen molar-refractivity contribution in [3.05, 3.63) is 0 Å². The van der Waals surface area contributed by atoms with Crippen LogP contribution in [0, 0.1) is 5.92 Å². The maximum Gasteiger partial charge on any atom is 0.332 e. The highest BCUT2D eigenvalue weighted by molar-refractivity contribution is 5.71. The molecule has 26 heavy (non-hydrogen) atoms. The molecule has 0 fully saturated rings. The predicted molar refractivity (Wildman–Crippen MR) is 112 cm³/mol. The van der Waals surface area contributed by atoms with E-state index < -0.39 is 12.1 Å². The fourth-order valence-corrected chi connectivity index (χ4v) is 3.49. The van der Waals surface area contributed by atoms with Crippen LogP contribution in [-0.2, 0) is 4.79 Å². The first-order chi connectivity index (χ1) is 12.5. The topological polar surface area (TPSA) is 57.5 Å². The molecule has 1 atom stereocenters. The maximum atomic E-state index is 10.5. The minimum Gasteiger partial charge on any atom is -0.479 e. The molecule has 0 heterocycles. The standard InChI is InChI=1S/C23H46O3/c1-21(2)19-17-15-13-11-9-7-5-3-4-6-8-10-12-14-16-18-20-22(24)23(25)26/h21-22,24H,3-20H2,1-2H3,(H,25,26). The van der Waals surface area contributed by atoms with Crippen LogP contribution in [0.25, 0.3) is 0 Å². The van der Waals surface area contributed by atoms with Gasteiger partial charge in [-0.2, -0.15) is 0 Å². The highest BCUT2D eigenvalue weighted by atomic mass is 16.4. The highest BCUT2D eigenvalue weighted by Crippen LogP contribution is 2.15. The Morgan fingerprint density at radius 3 is 1.12 bits per heavy atom. The van der Waals surface area contributed by atoms with Crippen LogP contribution in [0.4, 0.5) is 0 Å². The summed E-state index contributed by atoms with van der Waals surface area (Å²) in [5.41, 5.74) is 0. The monoisotopic (exact) mass is 370 g/mol. The Morgan fingerprint density at radius 2 is 0.846 bits per heavy atom. The van der Waals surface area contributed by atoms with Gasteiger partial charge >= 0.3 is 5.97 Å². The van der Waals surface area contributed by atoms with Crippen LogP contribution < -0.4 is 0 Å². The third kappa shape index (κ3) is 19.8. The lowest BCUT2D eigenvalue weighted by Gasteiger charge is -2.05. The molecule has 0 amide bonds. The number of aliphatic carboxylic acids is 1. The van der Waals surface area contributed by atoms with Crippen molar-refractivity contribution in [2.75, 3.05) is 0 Å². The zero-order valence-corrected chi connectivity index (χ0v) is 17.7. The van der Waals surface area contributed by atoms with Gasteiger partial charge in [0, 0.05) is 0 Å². The summed E-state index contributed by atoms with van der Waals surface area (Å²) in [6, 6.07) is 0. The number of carboxylic acids is 1. The zero-order chi connectivity index (χ0) is 19.5. The Kier molecular flexibility index (Phi) is 18.8. The van der Waals surface area contributed by atoms with Crippen molar-refractivity contribution in [1.82, 2.24) is 0 Å². The smallest absolute Gasteiger partial charge is 0.332 e. The van der Waals surface area contributed by atoms with Crippen molar-refractivity contribution in [3.63, 3.8) is 0 Å². The number of unbranched alkanes of at least 4 members (excludes halogenated alkanes) is 15. The minimum absolute atomic E-state index is 0.396. The summed E-state index contributed by atoms with van der Waals surface area (Å²) in [5, 5.41) is 17.8. The van der Waals surface area contributed by atoms with Crippen LogP contribution in [0.5, 0.6) is 0 Å². The van der Waals surface area contributed by atoms with Crippen molar-refractivity contribution < 1.29 is 15.0 Å². The SMILES string of the molecule is CC(C)CCCCCCCCCCCCCCCCCCC(O)C(=O)O. The van der Waals surface area contributed by atoms with Crippen LogP contribution in [0.3, 0.4) is 0 Å². The molecule has 0 spiro atoms.